The summed E-state index contributed by atoms with van der Waals surface area (Å²) >= 11 is 1.79. The van der Waals surface area contributed by atoms with Gasteiger partial charge in [0.05, 0.1) is 10.7 Å². The second-order valence-corrected chi connectivity index (χ2v) is 9.55. The summed E-state index contributed by atoms with van der Waals surface area (Å²) in [5.74, 6) is 0.908. The Labute approximate surface area is 214 Å². The molecule has 2 aromatic rings. The Morgan fingerprint density at radius 2 is 1.97 bits per heavy atom. The second-order valence-electron chi connectivity index (χ2n) is 8.26. The first-order valence-corrected chi connectivity index (χ1v) is 12.3. The van der Waals surface area contributed by atoms with E-state index >= 15 is 0 Å². The normalized spacial score (nSPS) is 17.8. The predicted molar refractivity (Wildman–Crippen MR) is 148 cm³/mol. The number of aromatic nitrogens is 1. The molecule has 1 aromatic heterocycles. The highest BCUT2D eigenvalue weighted by Gasteiger charge is 2.25. The van der Waals surface area contributed by atoms with Crippen molar-refractivity contribution in [3.8, 4) is 0 Å². The molecule has 1 aliphatic rings. The molecule has 0 aliphatic carbocycles. The molecular formula is C24H39IN6S. The quantitative estimate of drug-likeness (QED) is 0.208. The van der Waals surface area contributed by atoms with E-state index in [1.165, 1.54) is 15.4 Å². The van der Waals surface area contributed by atoms with Gasteiger partial charge in [-0.2, -0.15) is 0 Å². The van der Waals surface area contributed by atoms with E-state index in [-0.39, 0.29) is 24.0 Å². The molecule has 0 radical (unpaired) electrons. The van der Waals surface area contributed by atoms with E-state index in [1.807, 2.05) is 0 Å². The number of likely N-dealkylation sites (N-methyl/N-ethyl adjacent to an activating group) is 1. The summed E-state index contributed by atoms with van der Waals surface area (Å²) in [4.78, 5) is 15.8. The number of aryl methyl sites for hydroxylation is 2. The standard InChI is InChI=1S/C24H38N6S.HI/c1-5-25-24(27-14-12-23-28-19(2)20(3)31-23)26-13-9-15-30-17-16-29(4)18-22(30)21-10-7-6-8-11-21;/h6-8,10-11,22H,5,9,12-18H2,1-4H3,(H2,25,26,27);1H. The topological polar surface area (TPSA) is 55.8 Å². The molecule has 3 rings (SSSR count). The Morgan fingerprint density at radius 1 is 1.19 bits per heavy atom. The van der Waals surface area contributed by atoms with Crippen LogP contribution in [0.2, 0.25) is 0 Å². The summed E-state index contributed by atoms with van der Waals surface area (Å²) in [5.41, 5.74) is 2.57. The first-order valence-electron chi connectivity index (χ1n) is 11.5. The molecule has 1 aromatic carbocycles. The molecule has 2 heterocycles. The van der Waals surface area contributed by atoms with Crippen LogP contribution in [0.1, 0.15) is 40.5 Å². The molecule has 1 aliphatic heterocycles. The Hall–Kier alpha value is -1.23. The van der Waals surface area contributed by atoms with E-state index in [0.717, 1.165) is 70.3 Å². The van der Waals surface area contributed by atoms with Crippen LogP contribution in [0.5, 0.6) is 0 Å². The van der Waals surface area contributed by atoms with Gasteiger partial charge in [0.15, 0.2) is 5.96 Å². The zero-order chi connectivity index (χ0) is 22.1. The van der Waals surface area contributed by atoms with Crippen LogP contribution < -0.4 is 10.6 Å². The highest BCUT2D eigenvalue weighted by atomic mass is 127. The lowest BCUT2D eigenvalue weighted by Crippen LogP contribution is -2.47. The monoisotopic (exact) mass is 570 g/mol. The molecule has 2 N–H and O–H groups in total. The van der Waals surface area contributed by atoms with Crippen molar-refractivity contribution >= 4 is 41.3 Å². The van der Waals surface area contributed by atoms with Crippen LogP contribution in [0.15, 0.2) is 35.3 Å². The van der Waals surface area contributed by atoms with Gasteiger partial charge >= 0.3 is 0 Å². The fourth-order valence-corrected chi connectivity index (χ4v) is 4.89. The molecule has 1 fully saturated rings. The highest BCUT2D eigenvalue weighted by Crippen LogP contribution is 2.24. The third-order valence-electron chi connectivity index (χ3n) is 5.80. The summed E-state index contributed by atoms with van der Waals surface area (Å²) in [6.07, 6.45) is 2.00. The number of piperazine rings is 1. The zero-order valence-electron chi connectivity index (χ0n) is 19.9. The fraction of sp³-hybridized carbons (Fsp3) is 0.583. The van der Waals surface area contributed by atoms with Gasteiger partial charge in [-0.15, -0.1) is 35.3 Å². The van der Waals surface area contributed by atoms with Crippen LogP contribution >= 0.6 is 35.3 Å². The van der Waals surface area contributed by atoms with Gasteiger partial charge < -0.3 is 15.5 Å². The van der Waals surface area contributed by atoms with E-state index in [1.54, 1.807) is 11.3 Å². The number of halogens is 1. The summed E-state index contributed by atoms with van der Waals surface area (Å²) in [7, 11) is 2.22. The van der Waals surface area contributed by atoms with Gasteiger partial charge in [-0.3, -0.25) is 9.89 Å². The molecule has 0 amide bonds. The van der Waals surface area contributed by atoms with Crippen LogP contribution in [0.3, 0.4) is 0 Å². The van der Waals surface area contributed by atoms with E-state index < -0.39 is 0 Å². The number of rotatable bonds is 9. The minimum absolute atomic E-state index is 0. The summed E-state index contributed by atoms with van der Waals surface area (Å²) < 4.78 is 0. The third-order valence-corrected chi connectivity index (χ3v) is 6.93. The fourth-order valence-electron chi connectivity index (χ4n) is 3.96. The summed E-state index contributed by atoms with van der Waals surface area (Å²) in [6, 6.07) is 11.4. The molecule has 1 atom stereocenters. The molecule has 1 saturated heterocycles. The average Bonchev–Trinajstić information content (AvgIpc) is 3.09. The Kier molecular flexibility index (Phi) is 11.9. The second kappa shape index (κ2) is 14.1. The number of nitrogens with zero attached hydrogens (tertiary/aromatic N) is 4. The smallest absolute Gasteiger partial charge is 0.191 e. The van der Waals surface area contributed by atoms with Gasteiger partial charge in [-0.1, -0.05) is 30.3 Å². The number of hydrogen-bond acceptors (Lipinski definition) is 5. The van der Waals surface area contributed by atoms with Crippen molar-refractivity contribution in [1.29, 1.82) is 0 Å². The number of thiazole rings is 1. The van der Waals surface area contributed by atoms with E-state index in [4.69, 9.17) is 4.99 Å². The van der Waals surface area contributed by atoms with Gasteiger partial charge in [-0.25, -0.2) is 4.98 Å². The van der Waals surface area contributed by atoms with Crippen LogP contribution in [-0.2, 0) is 6.42 Å². The number of guanidine groups is 1. The molecule has 0 bridgehead atoms. The van der Waals surface area contributed by atoms with E-state index in [2.05, 4.69) is 83.6 Å². The Balaban J connectivity index is 0.00000363. The lowest BCUT2D eigenvalue weighted by Gasteiger charge is -2.40. The van der Waals surface area contributed by atoms with E-state index in [9.17, 15) is 0 Å². The van der Waals surface area contributed by atoms with Gasteiger partial charge in [0.1, 0.15) is 0 Å². The minimum atomic E-state index is 0. The van der Waals surface area contributed by atoms with Gasteiger partial charge in [0.2, 0.25) is 0 Å². The Morgan fingerprint density at radius 3 is 2.66 bits per heavy atom. The maximum atomic E-state index is 4.80. The maximum absolute atomic E-state index is 4.80. The van der Waals surface area contributed by atoms with Gasteiger partial charge in [-0.05, 0) is 39.8 Å². The molecule has 0 spiro atoms. The highest BCUT2D eigenvalue weighted by molar-refractivity contribution is 14.0. The predicted octanol–water partition coefficient (Wildman–Crippen LogP) is 3.85. The molecule has 0 saturated carbocycles. The van der Waals surface area contributed by atoms with E-state index in [0.29, 0.717) is 6.04 Å². The van der Waals surface area contributed by atoms with Crippen molar-refractivity contribution in [2.45, 2.75) is 39.7 Å². The van der Waals surface area contributed by atoms with Crippen LogP contribution in [0.25, 0.3) is 0 Å². The van der Waals surface area contributed by atoms with Crippen LogP contribution in [0.4, 0.5) is 0 Å². The summed E-state index contributed by atoms with van der Waals surface area (Å²) in [6.45, 7) is 13.3. The molecule has 178 valence electrons. The lowest BCUT2D eigenvalue weighted by atomic mass is 10.0. The lowest BCUT2D eigenvalue weighted by molar-refractivity contribution is 0.0894. The largest absolute Gasteiger partial charge is 0.357 e. The first-order chi connectivity index (χ1) is 15.1. The third kappa shape index (κ3) is 8.28. The van der Waals surface area contributed by atoms with Gasteiger partial charge in [0, 0.05) is 63.2 Å². The summed E-state index contributed by atoms with van der Waals surface area (Å²) in [5, 5.41) is 8.02. The van der Waals surface area contributed by atoms with Crippen LogP contribution in [0, 0.1) is 13.8 Å². The Bertz CT molecular complexity index is 806. The number of hydrogen-bond donors (Lipinski definition) is 2. The minimum Gasteiger partial charge on any atom is -0.357 e. The molecular weight excluding hydrogens is 531 g/mol. The van der Waals surface area contributed by atoms with Crippen molar-refractivity contribution in [3.63, 3.8) is 0 Å². The van der Waals surface area contributed by atoms with Crippen molar-refractivity contribution in [3.05, 3.63) is 51.5 Å². The van der Waals surface area contributed by atoms with Gasteiger partial charge in [0.25, 0.3) is 0 Å². The number of aliphatic imine (C=N–C) groups is 1. The van der Waals surface area contributed by atoms with Crippen molar-refractivity contribution in [2.75, 3.05) is 52.9 Å². The zero-order valence-corrected chi connectivity index (χ0v) is 23.1. The van der Waals surface area contributed by atoms with Crippen molar-refractivity contribution in [2.24, 2.45) is 4.99 Å². The maximum Gasteiger partial charge on any atom is 0.191 e. The first kappa shape index (κ1) is 27.0. The molecule has 8 heteroatoms. The number of benzene rings is 1. The average molecular weight is 571 g/mol. The number of nitrogens with one attached hydrogen (secondary N) is 2. The van der Waals surface area contributed by atoms with Crippen molar-refractivity contribution < 1.29 is 0 Å². The molecule has 6 nitrogen and oxygen atoms in total. The molecule has 1 unspecified atom stereocenters. The van der Waals surface area contributed by atoms with Crippen molar-refractivity contribution in [1.82, 2.24) is 25.4 Å². The van der Waals surface area contributed by atoms with Crippen LogP contribution in [-0.4, -0.2) is 73.6 Å². The molecule has 32 heavy (non-hydrogen) atoms. The SMILES string of the molecule is CCNC(=NCCCN1CCN(C)CC1c1ccccc1)NCCc1nc(C)c(C)s1.I.